The first-order valence-electron chi connectivity index (χ1n) is 9.97. The summed E-state index contributed by atoms with van der Waals surface area (Å²) in [5.41, 5.74) is 7.67. The second kappa shape index (κ2) is 7.94. The van der Waals surface area contributed by atoms with Crippen molar-refractivity contribution >= 4 is 22.9 Å². The van der Waals surface area contributed by atoms with Gasteiger partial charge in [-0.1, -0.05) is 53.5 Å². The van der Waals surface area contributed by atoms with Crippen molar-refractivity contribution in [2.75, 3.05) is 13.1 Å². The molecule has 2 heterocycles. The monoisotopic (exact) mass is 375 g/mol. The fourth-order valence-corrected chi connectivity index (χ4v) is 3.81. The third-order valence-corrected chi connectivity index (χ3v) is 5.24. The Morgan fingerprint density at radius 2 is 1.71 bits per heavy atom. The van der Waals surface area contributed by atoms with E-state index < -0.39 is 0 Å². The highest BCUT2D eigenvalue weighted by molar-refractivity contribution is 6.00. The van der Waals surface area contributed by atoms with Crippen LogP contribution < -0.4 is 5.43 Å². The SMILES string of the molecule is CCN1NC=[N+](CC)C1N=Nc1c(-c2ccccc2)n(CC)c2ccccc12. The van der Waals surface area contributed by atoms with E-state index in [1.807, 2.05) is 12.4 Å². The van der Waals surface area contributed by atoms with Crippen molar-refractivity contribution in [3.8, 4) is 11.3 Å². The molecule has 1 atom stereocenters. The van der Waals surface area contributed by atoms with Gasteiger partial charge in [-0.25, -0.2) is 4.58 Å². The van der Waals surface area contributed by atoms with Crippen LogP contribution in [0.2, 0.25) is 0 Å². The molecule has 0 bridgehead atoms. The molecule has 0 spiro atoms. The maximum atomic E-state index is 4.82. The highest BCUT2D eigenvalue weighted by Crippen LogP contribution is 2.40. The van der Waals surface area contributed by atoms with Gasteiger partial charge in [-0.05, 0) is 26.8 Å². The maximum absolute atomic E-state index is 4.82. The van der Waals surface area contributed by atoms with Gasteiger partial charge in [0, 0.05) is 24.0 Å². The molecule has 1 unspecified atom stereocenters. The molecule has 0 saturated heterocycles. The van der Waals surface area contributed by atoms with Crippen LogP contribution in [0, 0.1) is 0 Å². The van der Waals surface area contributed by atoms with Gasteiger partial charge in [-0.3, -0.25) is 0 Å². The standard InChI is InChI=1S/C22H26N6/c1-4-26-16-23-28(6-3)22(26)25-24-20-18-14-10-11-15-19(18)27(5-2)21(20)17-12-8-7-9-13-17/h7-16,22H,4-6H2,1-3H3/p+1. The predicted molar refractivity (Wildman–Crippen MR) is 114 cm³/mol. The molecule has 1 aliphatic heterocycles. The van der Waals surface area contributed by atoms with Gasteiger partial charge in [0.05, 0.1) is 17.8 Å². The van der Waals surface area contributed by atoms with Gasteiger partial charge in [0.2, 0.25) is 0 Å². The summed E-state index contributed by atoms with van der Waals surface area (Å²) in [6.07, 6.45) is 1.84. The van der Waals surface area contributed by atoms with E-state index >= 15 is 0 Å². The minimum Gasteiger partial charge on any atom is -0.339 e. The number of nitrogens with one attached hydrogen (secondary N) is 1. The Hall–Kier alpha value is -2.99. The molecule has 4 rings (SSSR count). The quantitative estimate of drug-likeness (QED) is 0.506. The largest absolute Gasteiger partial charge is 0.339 e. The van der Waals surface area contributed by atoms with Crippen molar-refractivity contribution in [1.29, 1.82) is 0 Å². The molecule has 0 aliphatic carbocycles. The first-order chi connectivity index (χ1) is 13.8. The summed E-state index contributed by atoms with van der Waals surface area (Å²) in [4.78, 5) is 0. The molecule has 0 fully saturated rings. The summed E-state index contributed by atoms with van der Waals surface area (Å²) in [7, 11) is 0. The molecule has 6 nitrogen and oxygen atoms in total. The zero-order chi connectivity index (χ0) is 19.5. The smallest absolute Gasteiger partial charge is 0.298 e. The molecule has 28 heavy (non-hydrogen) atoms. The van der Waals surface area contributed by atoms with Crippen LogP contribution in [0.4, 0.5) is 5.69 Å². The third kappa shape index (κ3) is 3.10. The maximum Gasteiger partial charge on any atom is 0.298 e. The van der Waals surface area contributed by atoms with E-state index in [2.05, 4.69) is 88.9 Å². The first-order valence-corrected chi connectivity index (χ1v) is 9.97. The minimum absolute atomic E-state index is 0.137. The molecule has 1 aromatic heterocycles. The lowest BCUT2D eigenvalue weighted by atomic mass is 10.1. The highest BCUT2D eigenvalue weighted by atomic mass is 15.7. The number of azo groups is 1. The summed E-state index contributed by atoms with van der Waals surface area (Å²) >= 11 is 0. The van der Waals surface area contributed by atoms with Gasteiger partial charge in [0.15, 0.2) is 0 Å². The molecule has 144 valence electrons. The normalized spacial score (nSPS) is 17.4. The third-order valence-electron chi connectivity index (χ3n) is 5.24. The molecule has 1 aliphatic rings. The molecule has 0 saturated carbocycles. The average molecular weight is 376 g/mol. The van der Waals surface area contributed by atoms with E-state index in [1.165, 1.54) is 5.52 Å². The fourth-order valence-electron chi connectivity index (χ4n) is 3.81. The average Bonchev–Trinajstić information content (AvgIpc) is 3.30. The number of aryl methyl sites for hydroxylation is 1. The fraction of sp³-hybridized carbons (Fsp3) is 0.318. The van der Waals surface area contributed by atoms with Crippen LogP contribution >= 0.6 is 0 Å². The lowest BCUT2D eigenvalue weighted by Crippen LogP contribution is -2.40. The zero-order valence-corrected chi connectivity index (χ0v) is 16.7. The number of fused-ring (bicyclic) bond motifs is 1. The van der Waals surface area contributed by atoms with Crippen LogP contribution in [0.25, 0.3) is 22.2 Å². The summed E-state index contributed by atoms with van der Waals surface area (Å²) < 4.78 is 4.47. The number of hydrogen-bond donors (Lipinski definition) is 1. The predicted octanol–water partition coefficient (Wildman–Crippen LogP) is 4.60. The van der Waals surface area contributed by atoms with E-state index in [-0.39, 0.29) is 6.29 Å². The molecule has 2 aromatic carbocycles. The van der Waals surface area contributed by atoms with Crippen LogP contribution in [0.5, 0.6) is 0 Å². The second-order valence-electron chi connectivity index (χ2n) is 6.76. The molecule has 1 N–H and O–H groups in total. The Bertz CT molecular complexity index is 1020. The Labute approximate surface area is 165 Å². The van der Waals surface area contributed by atoms with E-state index in [9.17, 15) is 0 Å². The number of hydrazine groups is 1. The minimum atomic E-state index is -0.137. The molecule has 0 radical (unpaired) electrons. The second-order valence-corrected chi connectivity index (χ2v) is 6.76. The number of aromatic nitrogens is 1. The van der Waals surface area contributed by atoms with Gasteiger partial charge < -0.3 is 4.57 Å². The Morgan fingerprint density at radius 3 is 2.43 bits per heavy atom. The van der Waals surface area contributed by atoms with Crippen LogP contribution in [-0.2, 0) is 6.54 Å². The van der Waals surface area contributed by atoms with Gasteiger partial charge >= 0.3 is 0 Å². The van der Waals surface area contributed by atoms with E-state index in [0.717, 1.165) is 42.0 Å². The van der Waals surface area contributed by atoms with Crippen LogP contribution in [0.15, 0.2) is 64.8 Å². The van der Waals surface area contributed by atoms with Crippen molar-refractivity contribution in [1.82, 2.24) is 15.0 Å². The van der Waals surface area contributed by atoms with E-state index in [0.29, 0.717) is 0 Å². The number of para-hydroxylation sites is 1. The lowest BCUT2D eigenvalue weighted by Gasteiger charge is -2.14. The van der Waals surface area contributed by atoms with Crippen LogP contribution in [0.3, 0.4) is 0 Å². The van der Waals surface area contributed by atoms with Crippen molar-refractivity contribution < 1.29 is 4.58 Å². The van der Waals surface area contributed by atoms with Crippen LogP contribution in [0.1, 0.15) is 20.8 Å². The topological polar surface area (TPSA) is 47.9 Å². The lowest BCUT2D eigenvalue weighted by molar-refractivity contribution is -0.570. The number of nitrogens with zero attached hydrogens (tertiary/aromatic N) is 5. The number of benzene rings is 2. The summed E-state index contributed by atoms with van der Waals surface area (Å²) in [5.74, 6) is 0. The van der Waals surface area contributed by atoms with E-state index in [1.54, 1.807) is 0 Å². The van der Waals surface area contributed by atoms with Gasteiger partial charge in [0.1, 0.15) is 5.69 Å². The van der Waals surface area contributed by atoms with E-state index in [4.69, 9.17) is 10.2 Å². The molecule has 6 heteroatoms. The molecular weight excluding hydrogens is 348 g/mol. The number of rotatable bonds is 6. The van der Waals surface area contributed by atoms with Crippen molar-refractivity contribution in [2.24, 2.45) is 10.2 Å². The van der Waals surface area contributed by atoms with Gasteiger partial charge in [0.25, 0.3) is 12.6 Å². The summed E-state index contributed by atoms with van der Waals surface area (Å²) in [6, 6.07) is 18.9. The Balaban J connectivity index is 1.88. The zero-order valence-electron chi connectivity index (χ0n) is 16.7. The summed E-state index contributed by atoms with van der Waals surface area (Å²) in [5, 5.41) is 12.8. The first kappa shape index (κ1) is 18.4. The molecule has 3 aromatic rings. The highest BCUT2D eigenvalue weighted by Gasteiger charge is 2.31. The van der Waals surface area contributed by atoms with Crippen LogP contribution in [-0.4, -0.2) is 39.9 Å². The van der Waals surface area contributed by atoms with Crippen molar-refractivity contribution in [2.45, 2.75) is 33.6 Å². The summed E-state index contributed by atoms with van der Waals surface area (Å²) in [6.45, 7) is 9.00. The molecule has 0 amide bonds. The van der Waals surface area contributed by atoms with Crippen molar-refractivity contribution in [3.05, 3.63) is 54.6 Å². The number of hydrogen-bond acceptors (Lipinski definition) is 4. The molecular formula is C22H27N6+. The van der Waals surface area contributed by atoms with Gasteiger partial charge in [-0.15, -0.1) is 10.2 Å². The Morgan fingerprint density at radius 1 is 0.964 bits per heavy atom. The Kier molecular flexibility index (Phi) is 5.21. The van der Waals surface area contributed by atoms with Crippen molar-refractivity contribution in [3.63, 3.8) is 0 Å². The van der Waals surface area contributed by atoms with Gasteiger partial charge in [-0.2, -0.15) is 5.43 Å².